The molecule has 0 bridgehead atoms. The van der Waals surface area contributed by atoms with Gasteiger partial charge in [0.1, 0.15) is 0 Å². The third-order valence-electron chi connectivity index (χ3n) is 4.77. The topological polar surface area (TPSA) is 23.6 Å². The first-order chi connectivity index (χ1) is 8.38. The number of carbonyl (C=O) groups is 1. The summed E-state index contributed by atoms with van der Waals surface area (Å²) in [5.74, 6) is 1.45. The first-order valence-corrected chi connectivity index (χ1v) is 7.35. The molecule has 0 N–H and O–H groups in total. The van der Waals surface area contributed by atoms with Crippen molar-refractivity contribution in [1.82, 2.24) is 9.80 Å². The number of amides is 1. The van der Waals surface area contributed by atoms with Gasteiger partial charge in [-0.3, -0.25) is 4.79 Å². The number of rotatable bonds is 1. The van der Waals surface area contributed by atoms with Crippen LogP contribution in [0.1, 0.15) is 40.0 Å². The fourth-order valence-electron chi connectivity index (χ4n) is 3.36. The van der Waals surface area contributed by atoms with E-state index < -0.39 is 0 Å². The van der Waals surface area contributed by atoms with Gasteiger partial charge >= 0.3 is 0 Å². The lowest BCUT2D eigenvalue weighted by atomic mass is 9.75. The van der Waals surface area contributed by atoms with Crippen LogP contribution in [0.25, 0.3) is 0 Å². The standard InChI is InChI=1S/C15H28N2O/c1-15(2,3)13-6-9-17(10-7-13)14(18)12-5-8-16(4)11-12/h12-13H,5-11H2,1-4H3. The number of hydrogen-bond donors (Lipinski definition) is 0. The predicted octanol–water partition coefficient (Wildman–Crippen LogP) is 2.22. The van der Waals surface area contributed by atoms with Crippen LogP contribution < -0.4 is 0 Å². The van der Waals surface area contributed by atoms with Crippen molar-refractivity contribution in [2.75, 3.05) is 33.2 Å². The first kappa shape index (κ1) is 13.9. The highest BCUT2D eigenvalue weighted by atomic mass is 16.2. The molecule has 0 aromatic heterocycles. The summed E-state index contributed by atoms with van der Waals surface area (Å²) in [5.41, 5.74) is 0.392. The molecule has 0 aliphatic carbocycles. The second-order valence-electron chi connectivity index (χ2n) is 7.21. The zero-order valence-electron chi connectivity index (χ0n) is 12.4. The monoisotopic (exact) mass is 252 g/mol. The predicted molar refractivity (Wildman–Crippen MR) is 74.4 cm³/mol. The van der Waals surface area contributed by atoms with E-state index in [1.54, 1.807) is 0 Å². The molecule has 0 radical (unpaired) electrons. The van der Waals surface area contributed by atoms with Gasteiger partial charge in [-0.15, -0.1) is 0 Å². The molecule has 2 saturated heterocycles. The van der Waals surface area contributed by atoms with Crippen LogP contribution in [0.5, 0.6) is 0 Å². The van der Waals surface area contributed by atoms with Gasteiger partial charge in [0.2, 0.25) is 5.91 Å². The lowest BCUT2D eigenvalue weighted by Crippen LogP contribution is -2.44. The summed E-state index contributed by atoms with van der Waals surface area (Å²) < 4.78 is 0. The maximum Gasteiger partial charge on any atom is 0.227 e. The molecule has 0 aromatic rings. The van der Waals surface area contributed by atoms with Crippen molar-refractivity contribution in [2.24, 2.45) is 17.3 Å². The molecule has 3 heteroatoms. The van der Waals surface area contributed by atoms with Crippen LogP contribution in [-0.2, 0) is 4.79 Å². The molecule has 0 spiro atoms. The van der Waals surface area contributed by atoms with Crippen molar-refractivity contribution < 1.29 is 4.79 Å². The maximum absolute atomic E-state index is 12.4. The summed E-state index contributed by atoms with van der Waals surface area (Å²) in [7, 11) is 2.11. The summed E-state index contributed by atoms with van der Waals surface area (Å²) in [6.07, 6.45) is 3.41. The van der Waals surface area contributed by atoms with Crippen LogP contribution in [0.4, 0.5) is 0 Å². The summed E-state index contributed by atoms with van der Waals surface area (Å²) in [5, 5.41) is 0. The molecule has 2 rings (SSSR count). The van der Waals surface area contributed by atoms with E-state index in [9.17, 15) is 4.79 Å². The molecule has 2 aliphatic rings. The highest BCUT2D eigenvalue weighted by Gasteiger charge is 2.34. The summed E-state index contributed by atoms with van der Waals surface area (Å²) in [6, 6.07) is 0. The molecule has 104 valence electrons. The van der Waals surface area contributed by atoms with Crippen molar-refractivity contribution in [1.29, 1.82) is 0 Å². The van der Waals surface area contributed by atoms with Crippen molar-refractivity contribution in [3.05, 3.63) is 0 Å². The van der Waals surface area contributed by atoms with Crippen LogP contribution in [0, 0.1) is 17.3 Å². The molecule has 0 saturated carbocycles. The molecule has 18 heavy (non-hydrogen) atoms. The van der Waals surface area contributed by atoms with Gasteiger partial charge < -0.3 is 9.80 Å². The minimum absolute atomic E-state index is 0.265. The van der Waals surface area contributed by atoms with E-state index >= 15 is 0 Å². The van der Waals surface area contributed by atoms with E-state index in [0.717, 1.165) is 38.5 Å². The van der Waals surface area contributed by atoms with E-state index in [4.69, 9.17) is 0 Å². The van der Waals surface area contributed by atoms with Gasteiger partial charge in [-0.25, -0.2) is 0 Å². The molecule has 0 aromatic carbocycles. The normalized spacial score (nSPS) is 27.8. The van der Waals surface area contributed by atoms with Gasteiger partial charge in [-0.05, 0) is 44.2 Å². The number of nitrogens with zero attached hydrogens (tertiary/aromatic N) is 2. The lowest BCUT2D eigenvalue weighted by Gasteiger charge is -2.39. The zero-order valence-corrected chi connectivity index (χ0v) is 12.4. The molecular weight excluding hydrogens is 224 g/mol. The maximum atomic E-state index is 12.4. The van der Waals surface area contributed by atoms with Gasteiger partial charge in [-0.2, -0.15) is 0 Å². The van der Waals surface area contributed by atoms with E-state index in [2.05, 4.69) is 37.6 Å². The Hall–Kier alpha value is -0.570. The Labute approximate surface area is 112 Å². The molecule has 2 fully saturated rings. The Morgan fingerprint density at radius 1 is 1.06 bits per heavy atom. The highest BCUT2D eigenvalue weighted by Crippen LogP contribution is 2.34. The Morgan fingerprint density at radius 2 is 1.67 bits per heavy atom. The Bertz CT molecular complexity index is 300. The molecule has 3 nitrogen and oxygen atoms in total. The largest absolute Gasteiger partial charge is 0.342 e. The van der Waals surface area contributed by atoms with Crippen LogP contribution >= 0.6 is 0 Å². The molecule has 2 aliphatic heterocycles. The quantitative estimate of drug-likeness (QED) is 0.714. The van der Waals surface area contributed by atoms with Gasteiger partial charge in [-0.1, -0.05) is 20.8 Å². The molecular formula is C15H28N2O. The lowest BCUT2D eigenvalue weighted by molar-refractivity contribution is -0.137. The second kappa shape index (κ2) is 5.20. The average molecular weight is 252 g/mol. The van der Waals surface area contributed by atoms with Crippen LogP contribution in [0.2, 0.25) is 0 Å². The minimum Gasteiger partial charge on any atom is -0.342 e. The third-order valence-corrected chi connectivity index (χ3v) is 4.77. The second-order valence-corrected chi connectivity index (χ2v) is 7.21. The Morgan fingerprint density at radius 3 is 2.11 bits per heavy atom. The molecule has 1 unspecified atom stereocenters. The minimum atomic E-state index is 0.265. The summed E-state index contributed by atoms with van der Waals surface area (Å²) in [4.78, 5) is 16.8. The summed E-state index contributed by atoms with van der Waals surface area (Å²) >= 11 is 0. The fraction of sp³-hybridized carbons (Fsp3) is 0.933. The number of hydrogen-bond acceptors (Lipinski definition) is 2. The van der Waals surface area contributed by atoms with E-state index in [1.165, 1.54) is 12.8 Å². The summed E-state index contributed by atoms with van der Waals surface area (Å²) in [6.45, 7) is 10.9. The van der Waals surface area contributed by atoms with E-state index in [-0.39, 0.29) is 5.92 Å². The van der Waals surface area contributed by atoms with Crippen molar-refractivity contribution in [3.63, 3.8) is 0 Å². The van der Waals surface area contributed by atoms with Gasteiger partial charge in [0.05, 0.1) is 5.92 Å². The van der Waals surface area contributed by atoms with Crippen LogP contribution in [-0.4, -0.2) is 48.9 Å². The molecule has 2 heterocycles. The third kappa shape index (κ3) is 3.05. The van der Waals surface area contributed by atoms with Crippen LogP contribution in [0.15, 0.2) is 0 Å². The molecule has 1 atom stereocenters. The van der Waals surface area contributed by atoms with Crippen molar-refractivity contribution >= 4 is 5.91 Å². The number of carbonyl (C=O) groups excluding carboxylic acids is 1. The smallest absolute Gasteiger partial charge is 0.227 e. The average Bonchev–Trinajstić information content (AvgIpc) is 2.74. The fourth-order valence-corrected chi connectivity index (χ4v) is 3.36. The van der Waals surface area contributed by atoms with Crippen molar-refractivity contribution in [3.8, 4) is 0 Å². The zero-order chi connectivity index (χ0) is 13.3. The van der Waals surface area contributed by atoms with Gasteiger partial charge in [0.15, 0.2) is 0 Å². The first-order valence-electron chi connectivity index (χ1n) is 7.35. The van der Waals surface area contributed by atoms with Gasteiger partial charge in [0, 0.05) is 19.6 Å². The Balaban J connectivity index is 1.84. The van der Waals surface area contributed by atoms with Crippen LogP contribution in [0.3, 0.4) is 0 Å². The number of piperidine rings is 1. The highest BCUT2D eigenvalue weighted by molar-refractivity contribution is 5.79. The van der Waals surface area contributed by atoms with E-state index in [1.807, 2.05) is 0 Å². The SMILES string of the molecule is CN1CCC(C(=O)N2CCC(C(C)(C)C)CC2)C1. The van der Waals surface area contributed by atoms with Gasteiger partial charge in [0.25, 0.3) is 0 Å². The Kier molecular flexibility index (Phi) is 4.00. The van der Waals surface area contributed by atoms with E-state index in [0.29, 0.717) is 11.3 Å². The molecule has 1 amide bonds. The number of likely N-dealkylation sites (tertiary alicyclic amines) is 2. The van der Waals surface area contributed by atoms with Crippen molar-refractivity contribution in [2.45, 2.75) is 40.0 Å².